The molecule has 0 amide bonds. The first-order valence-electron chi connectivity index (χ1n) is 7.12. The van der Waals surface area contributed by atoms with Crippen LogP contribution in [0, 0.1) is 0 Å². The van der Waals surface area contributed by atoms with Crippen LogP contribution in [0.5, 0.6) is 5.75 Å². The maximum Gasteiger partial charge on any atom is 0.349 e. The number of nitrogens with zero attached hydrogens (tertiary/aromatic N) is 2. The maximum absolute atomic E-state index is 12.4. The summed E-state index contributed by atoms with van der Waals surface area (Å²) in [7, 11) is 0. The van der Waals surface area contributed by atoms with Crippen LogP contribution in [-0.4, -0.2) is 21.8 Å². The van der Waals surface area contributed by atoms with E-state index in [2.05, 4.69) is 10.1 Å². The number of rotatable bonds is 3. The van der Waals surface area contributed by atoms with Crippen molar-refractivity contribution >= 4 is 23.1 Å². The third-order valence-electron chi connectivity index (χ3n) is 3.27. The quantitative estimate of drug-likeness (QED) is 0.449. The number of H-pyrrole nitrogens is 1. The maximum atomic E-state index is 12.4. The third kappa shape index (κ3) is 3.00. The van der Waals surface area contributed by atoms with Crippen LogP contribution in [0.4, 0.5) is 0 Å². The smallest absolute Gasteiger partial charge is 0.349 e. The topological polar surface area (TPSA) is 93.5 Å². The first-order chi connectivity index (χ1) is 11.6. The molecular weight excluding hydrogens is 310 g/mol. The first-order valence-corrected chi connectivity index (χ1v) is 7.12. The summed E-state index contributed by atoms with van der Waals surface area (Å²) in [6.45, 7) is 1.28. The highest BCUT2D eigenvalue weighted by Gasteiger charge is 2.07. The lowest BCUT2D eigenvalue weighted by molar-refractivity contribution is -0.131. The minimum Gasteiger partial charge on any atom is -0.426 e. The highest BCUT2D eigenvalue weighted by Crippen LogP contribution is 2.15. The molecule has 0 aliphatic carbocycles. The number of para-hydroxylation sites is 2. The Kier molecular flexibility index (Phi) is 4.07. The number of fused-ring (bicyclic) bond motifs is 1. The molecule has 0 fully saturated rings. The van der Waals surface area contributed by atoms with Crippen molar-refractivity contribution in [1.82, 2.24) is 9.66 Å². The standard InChI is InChI=1S/C17H13N3O4/c1-11(21)24-15-9-5-2-6-12(15)10-18-20-16(22)13-7-3-4-8-14(13)19-17(20)23/h2-10H,1H3,(H,19,23). The number of nitrogens with one attached hydrogen (secondary N) is 1. The van der Waals surface area contributed by atoms with Gasteiger partial charge in [-0.25, -0.2) is 4.79 Å². The van der Waals surface area contributed by atoms with E-state index in [0.717, 1.165) is 4.68 Å². The van der Waals surface area contributed by atoms with Crippen LogP contribution in [0.15, 0.2) is 63.2 Å². The number of esters is 1. The van der Waals surface area contributed by atoms with Gasteiger partial charge in [0.25, 0.3) is 5.56 Å². The summed E-state index contributed by atoms with van der Waals surface area (Å²) in [4.78, 5) is 38.1. The van der Waals surface area contributed by atoms with Crippen molar-refractivity contribution < 1.29 is 9.53 Å². The van der Waals surface area contributed by atoms with Gasteiger partial charge < -0.3 is 9.72 Å². The molecule has 1 heterocycles. The Hall–Kier alpha value is -3.48. The Balaban J connectivity index is 2.08. The van der Waals surface area contributed by atoms with Crippen molar-refractivity contribution in [3.63, 3.8) is 0 Å². The van der Waals surface area contributed by atoms with Crippen molar-refractivity contribution in [1.29, 1.82) is 0 Å². The number of ether oxygens (including phenoxy) is 1. The van der Waals surface area contributed by atoms with E-state index in [9.17, 15) is 14.4 Å². The highest BCUT2D eigenvalue weighted by molar-refractivity contribution is 5.85. The predicted octanol–water partition coefficient (Wildman–Crippen LogP) is 1.50. The van der Waals surface area contributed by atoms with Gasteiger partial charge in [-0.2, -0.15) is 5.10 Å². The van der Waals surface area contributed by atoms with Crippen LogP contribution in [0.25, 0.3) is 10.9 Å². The van der Waals surface area contributed by atoms with Crippen LogP contribution in [-0.2, 0) is 4.79 Å². The minimum absolute atomic E-state index is 0.291. The SMILES string of the molecule is CC(=O)Oc1ccccc1C=Nn1c(=O)[nH]c2ccccc2c1=O. The Morgan fingerprint density at radius 1 is 1.12 bits per heavy atom. The normalized spacial score (nSPS) is 11.0. The number of aromatic nitrogens is 2. The largest absolute Gasteiger partial charge is 0.426 e. The summed E-state index contributed by atoms with van der Waals surface area (Å²) in [6, 6.07) is 13.3. The zero-order valence-corrected chi connectivity index (χ0v) is 12.7. The van der Waals surface area contributed by atoms with E-state index >= 15 is 0 Å². The van der Waals surface area contributed by atoms with Crippen LogP contribution in [0.2, 0.25) is 0 Å². The summed E-state index contributed by atoms with van der Waals surface area (Å²) in [5.74, 6) is -0.185. The van der Waals surface area contributed by atoms with Gasteiger partial charge in [0.1, 0.15) is 5.75 Å². The van der Waals surface area contributed by atoms with Gasteiger partial charge >= 0.3 is 11.7 Å². The molecule has 0 spiro atoms. The molecule has 0 saturated carbocycles. The van der Waals surface area contributed by atoms with Gasteiger partial charge in [0.2, 0.25) is 0 Å². The molecule has 1 aromatic heterocycles. The van der Waals surface area contributed by atoms with E-state index in [1.165, 1.54) is 13.1 Å². The zero-order chi connectivity index (χ0) is 17.1. The molecule has 24 heavy (non-hydrogen) atoms. The van der Waals surface area contributed by atoms with E-state index in [0.29, 0.717) is 22.2 Å². The molecule has 0 saturated heterocycles. The Labute approximate surface area is 135 Å². The van der Waals surface area contributed by atoms with Crippen molar-refractivity contribution in [3.8, 4) is 5.75 Å². The van der Waals surface area contributed by atoms with Gasteiger partial charge in [-0.3, -0.25) is 9.59 Å². The monoisotopic (exact) mass is 323 g/mol. The summed E-state index contributed by atoms with van der Waals surface area (Å²) in [5.41, 5.74) is -0.276. The average Bonchev–Trinajstić information content (AvgIpc) is 2.55. The number of hydrogen-bond donors (Lipinski definition) is 1. The molecule has 0 aliphatic rings. The summed E-state index contributed by atoms with van der Waals surface area (Å²) < 4.78 is 5.79. The number of carbonyl (C=O) groups is 1. The van der Waals surface area contributed by atoms with E-state index in [4.69, 9.17) is 4.74 Å². The lowest BCUT2D eigenvalue weighted by atomic mass is 10.2. The van der Waals surface area contributed by atoms with Crippen molar-refractivity contribution in [2.75, 3.05) is 0 Å². The van der Waals surface area contributed by atoms with Crippen LogP contribution in [0.1, 0.15) is 12.5 Å². The van der Waals surface area contributed by atoms with E-state index in [1.807, 2.05) is 0 Å². The molecular formula is C17H13N3O4. The molecule has 0 bridgehead atoms. The molecule has 7 heteroatoms. The second-order valence-corrected chi connectivity index (χ2v) is 4.97. The predicted molar refractivity (Wildman–Crippen MR) is 89.6 cm³/mol. The fourth-order valence-electron chi connectivity index (χ4n) is 2.21. The Morgan fingerprint density at radius 3 is 2.62 bits per heavy atom. The molecule has 120 valence electrons. The second kappa shape index (κ2) is 6.33. The third-order valence-corrected chi connectivity index (χ3v) is 3.27. The molecule has 0 atom stereocenters. The van der Waals surface area contributed by atoms with Crippen LogP contribution >= 0.6 is 0 Å². The molecule has 3 aromatic rings. The fraction of sp³-hybridized carbons (Fsp3) is 0.0588. The molecule has 0 unspecified atom stereocenters. The van der Waals surface area contributed by atoms with Gasteiger partial charge in [0, 0.05) is 12.5 Å². The first kappa shape index (κ1) is 15.4. The van der Waals surface area contributed by atoms with Gasteiger partial charge in [0.15, 0.2) is 0 Å². The van der Waals surface area contributed by atoms with E-state index in [-0.39, 0.29) is 0 Å². The molecule has 7 nitrogen and oxygen atoms in total. The van der Waals surface area contributed by atoms with Gasteiger partial charge in [-0.15, -0.1) is 4.68 Å². The van der Waals surface area contributed by atoms with E-state index < -0.39 is 17.2 Å². The van der Waals surface area contributed by atoms with Crippen molar-refractivity contribution in [3.05, 3.63) is 74.9 Å². The number of benzene rings is 2. The average molecular weight is 323 g/mol. The Morgan fingerprint density at radius 2 is 1.83 bits per heavy atom. The zero-order valence-electron chi connectivity index (χ0n) is 12.7. The lowest BCUT2D eigenvalue weighted by Gasteiger charge is -2.04. The lowest BCUT2D eigenvalue weighted by Crippen LogP contribution is -2.32. The van der Waals surface area contributed by atoms with Crippen molar-refractivity contribution in [2.24, 2.45) is 5.10 Å². The molecule has 2 aromatic carbocycles. The van der Waals surface area contributed by atoms with Crippen LogP contribution < -0.4 is 16.0 Å². The summed E-state index contributed by atoms with van der Waals surface area (Å²) in [6.07, 6.45) is 1.30. The minimum atomic E-state index is -0.653. The highest BCUT2D eigenvalue weighted by atomic mass is 16.5. The number of carbonyl (C=O) groups excluding carboxylic acids is 1. The van der Waals surface area contributed by atoms with E-state index in [1.54, 1.807) is 48.5 Å². The number of aromatic amines is 1. The molecule has 1 N–H and O–H groups in total. The van der Waals surface area contributed by atoms with Gasteiger partial charge in [0.05, 0.1) is 17.1 Å². The molecule has 0 aliphatic heterocycles. The number of hydrogen-bond acceptors (Lipinski definition) is 5. The van der Waals surface area contributed by atoms with Gasteiger partial charge in [-0.1, -0.05) is 24.3 Å². The Bertz CT molecular complexity index is 1060. The van der Waals surface area contributed by atoms with Crippen LogP contribution in [0.3, 0.4) is 0 Å². The molecule has 0 radical (unpaired) electrons. The van der Waals surface area contributed by atoms with Gasteiger partial charge in [-0.05, 0) is 24.3 Å². The second-order valence-electron chi connectivity index (χ2n) is 4.97. The fourth-order valence-corrected chi connectivity index (χ4v) is 2.21. The summed E-state index contributed by atoms with van der Waals surface area (Å²) in [5, 5.41) is 4.29. The van der Waals surface area contributed by atoms with Crippen molar-refractivity contribution in [2.45, 2.75) is 6.92 Å². The summed E-state index contributed by atoms with van der Waals surface area (Å²) >= 11 is 0. The molecule has 3 rings (SSSR count).